The van der Waals surface area contributed by atoms with Crippen molar-refractivity contribution in [2.45, 2.75) is 18.7 Å². The second kappa shape index (κ2) is 5.67. The second-order valence-electron chi connectivity index (χ2n) is 4.39. The van der Waals surface area contributed by atoms with Gasteiger partial charge in [-0.05, 0) is 53.5 Å². The van der Waals surface area contributed by atoms with Gasteiger partial charge >= 0.3 is 0 Å². The van der Waals surface area contributed by atoms with Crippen molar-refractivity contribution in [1.29, 1.82) is 5.26 Å². The van der Waals surface area contributed by atoms with Crippen LogP contribution in [-0.4, -0.2) is 8.42 Å². The molecule has 1 aromatic carbocycles. The molecule has 0 fully saturated rings. The summed E-state index contributed by atoms with van der Waals surface area (Å²) in [5.41, 5.74) is 7.12. The Bertz CT molecular complexity index is 851. The molecule has 0 amide bonds. The van der Waals surface area contributed by atoms with Crippen molar-refractivity contribution >= 4 is 48.0 Å². The lowest BCUT2D eigenvalue weighted by Crippen LogP contribution is -2.13. The fraction of sp³-hybridized carbons (Fsp3) is 0.154. The monoisotopic (exact) mass is 385 g/mol. The highest BCUT2D eigenvalue weighted by Gasteiger charge is 2.22. The van der Waals surface area contributed by atoms with E-state index in [-0.39, 0.29) is 4.90 Å². The SMILES string of the molecule is Cc1sc(NS(=O)(=O)c2cc(N)ccc2Br)c(C#N)c1C. The number of thiophene rings is 1. The average Bonchev–Trinajstić information content (AvgIpc) is 2.66. The third-order valence-electron chi connectivity index (χ3n) is 2.97. The summed E-state index contributed by atoms with van der Waals surface area (Å²) in [7, 11) is -3.82. The number of nitrogens with two attached hydrogens (primary N) is 1. The van der Waals surface area contributed by atoms with Crippen molar-refractivity contribution in [3.8, 4) is 6.07 Å². The van der Waals surface area contributed by atoms with E-state index in [2.05, 4.69) is 20.7 Å². The van der Waals surface area contributed by atoms with E-state index in [4.69, 9.17) is 5.73 Å². The van der Waals surface area contributed by atoms with Gasteiger partial charge in [0.2, 0.25) is 0 Å². The Labute approximate surface area is 135 Å². The maximum Gasteiger partial charge on any atom is 0.263 e. The molecular weight excluding hydrogens is 374 g/mol. The van der Waals surface area contributed by atoms with Gasteiger partial charge in [-0.25, -0.2) is 8.42 Å². The van der Waals surface area contributed by atoms with Gasteiger partial charge < -0.3 is 5.73 Å². The number of hydrogen-bond acceptors (Lipinski definition) is 5. The standard InChI is InChI=1S/C13H12BrN3O2S2/c1-7-8(2)20-13(10(7)6-15)17-21(18,19)12-5-9(16)3-4-11(12)14/h3-5,17H,16H2,1-2H3. The molecule has 8 heteroatoms. The molecule has 0 unspecified atom stereocenters. The summed E-state index contributed by atoms with van der Waals surface area (Å²) >= 11 is 4.44. The summed E-state index contributed by atoms with van der Waals surface area (Å²) in [5.74, 6) is 0. The average molecular weight is 386 g/mol. The number of nitrogens with zero attached hydrogens (tertiary/aromatic N) is 1. The van der Waals surface area contributed by atoms with Gasteiger partial charge in [0.05, 0.1) is 5.56 Å². The number of halogens is 1. The number of anilines is 2. The highest BCUT2D eigenvalue weighted by molar-refractivity contribution is 9.10. The molecule has 21 heavy (non-hydrogen) atoms. The van der Waals surface area contributed by atoms with Gasteiger partial charge in [0.25, 0.3) is 10.0 Å². The van der Waals surface area contributed by atoms with Crippen LogP contribution in [0.15, 0.2) is 27.6 Å². The summed E-state index contributed by atoms with van der Waals surface area (Å²) < 4.78 is 27.8. The van der Waals surface area contributed by atoms with Gasteiger partial charge in [-0.1, -0.05) is 0 Å². The molecule has 0 bridgehead atoms. The summed E-state index contributed by atoms with van der Waals surface area (Å²) in [6, 6.07) is 6.57. The van der Waals surface area contributed by atoms with Gasteiger partial charge in [0.15, 0.2) is 0 Å². The van der Waals surface area contributed by atoms with E-state index >= 15 is 0 Å². The number of aryl methyl sites for hydroxylation is 1. The Hall–Kier alpha value is -1.56. The Morgan fingerprint density at radius 1 is 1.38 bits per heavy atom. The highest BCUT2D eigenvalue weighted by Crippen LogP contribution is 2.34. The molecule has 0 aliphatic carbocycles. The van der Waals surface area contributed by atoms with Crippen molar-refractivity contribution in [3.63, 3.8) is 0 Å². The normalized spacial score (nSPS) is 11.1. The number of nitrogen functional groups attached to an aromatic ring is 1. The quantitative estimate of drug-likeness (QED) is 0.791. The first-order valence-electron chi connectivity index (χ1n) is 5.84. The van der Waals surface area contributed by atoms with E-state index in [0.717, 1.165) is 10.4 Å². The molecule has 0 spiro atoms. The van der Waals surface area contributed by atoms with Crippen LogP contribution in [0.4, 0.5) is 10.7 Å². The Balaban J connectivity index is 2.50. The summed E-state index contributed by atoms with van der Waals surface area (Å²) in [6.07, 6.45) is 0. The number of benzene rings is 1. The topological polar surface area (TPSA) is 96.0 Å². The number of sulfonamides is 1. The van der Waals surface area contributed by atoms with Crippen molar-refractivity contribution in [2.75, 3.05) is 10.5 Å². The molecule has 2 aromatic rings. The van der Waals surface area contributed by atoms with Gasteiger partial charge in [0, 0.05) is 15.0 Å². The summed E-state index contributed by atoms with van der Waals surface area (Å²) in [5, 5.41) is 9.49. The Kier molecular flexibility index (Phi) is 4.27. The molecule has 0 radical (unpaired) electrons. The maximum absolute atomic E-state index is 12.5. The minimum Gasteiger partial charge on any atom is -0.399 e. The molecule has 110 valence electrons. The zero-order valence-electron chi connectivity index (χ0n) is 11.3. The minimum atomic E-state index is -3.82. The molecule has 0 aliphatic heterocycles. The largest absolute Gasteiger partial charge is 0.399 e. The van der Waals surface area contributed by atoms with Gasteiger partial charge in [-0.15, -0.1) is 11.3 Å². The van der Waals surface area contributed by atoms with Crippen molar-refractivity contribution in [3.05, 3.63) is 38.7 Å². The first-order chi connectivity index (χ1) is 9.76. The molecule has 0 aliphatic rings. The molecular formula is C13H12BrN3O2S2. The highest BCUT2D eigenvalue weighted by atomic mass is 79.9. The lowest BCUT2D eigenvalue weighted by Gasteiger charge is -2.09. The lowest BCUT2D eigenvalue weighted by atomic mass is 10.2. The molecule has 2 rings (SSSR count). The van der Waals surface area contributed by atoms with Crippen LogP contribution in [0.1, 0.15) is 16.0 Å². The predicted molar refractivity (Wildman–Crippen MR) is 87.9 cm³/mol. The fourth-order valence-corrected chi connectivity index (χ4v) is 5.05. The van der Waals surface area contributed by atoms with E-state index in [1.165, 1.54) is 17.4 Å². The van der Waals surface area contributed by atoms with Crippen molar-refractivity contribution < 1.29 is 8.42 Å². The van der Waals surface area contributed by atoms with E-state index in [0.29, 0.717) is 20.7 Å². The van der Waals surface area contributed by atoms with Crippen LogP contribution in [0.2, 0.25) is 0 Å². The van der Waals surface area contributed by atoms with Crippen LogP contribution in [0.5, 0.6) is 0 Å². The predicted octanol–water partition coefficient (Wildman–Crippen LogP) is 3.38. The second-order valence-corrected chi connectivity index (χ2v) is 8.12. The van der Waals surface area contributed by atoms with Crippen LogP contribution >= 0.6 is 27.3 Å². The smallest absolute Gasteiger partial charge is 0.263 e. The molecule has 0 saturated carbocycles. The zero-order chi connectivity index (χ0) is 15.8. The van der Waals surface area contributed by atoms with Crippen LogP contribution in [0, 0.1) is 25.2 Å². The van der Waals surface area contributed by atoms with Crippen LogP contribution in [-0.2, 0) is 10.0 Å². The zero-order valence-corrected chi connectivity index (χ0v) is 14.5. The van der Waals surface area contributed by atoms with E-state index < -0.39 is 10.0 Å². The molecule has 0 atom stereocenters. The van der Waals surface area contributed by atoms with Crippen molar-refractivity contribution in [1.82, 2.24) is 0 Å². The maximum atomic E-state index is 12.5. The van der Waals surface area contributed by atoms with Gasteiger partial charge in [-0.3, -0.25) is 4.72 Å². The lowest BCUT2D eigenvalue weighted by molar-refractivity contribution is 0.601. The number of nitriles is 1. The van der Waals surface area contributed by atoms with E-state index in [1.54, 1.807) is 19.1 Å². The molecule has 3 N–H and O–H groups in total. The molecule has 1 aromatic heterocycles. The fourth-order valence-electron chi connectivity index (χ4n) is 1.74. The minimum absolute atomic E-state index is 0.0371. The third kappa shape index (κ3) is 3.05. The third-order valence-corrected chi connectivity index (χ3v) is 6.56. The van der Waals surface area contributed by atoms with Crippen molar-refractivity contribution in [2.24, 2.45) is 0 Å². The van der Waals surface area contributed by atoms with Gasteiger partial charge in [0.1, 0.15) is 16.0 Å². The molecule has 0 saturated heterocycles. The van der Waals surface area contributed by atoms with Crippen LogP contribution in [0.25, 0.3) is 0 Å². The summed E-state index contributed by atoms with van der Waals surface area (Å²) in [6.45, 7) is 3.63. The number of hydrogen-bond donors (Lipinski definition) is 2. The van der Waals surface area contributed by atoms with Crippen LogP contribution in [0.3, 0.4) is 0 Å². The van der Waals surface area contributed by atoms with Crippen LogP contribution < -0.4 is 10.5 Å². The summed E-state index contributed by atoms with van der Waals surface area (Å²) in [4.78, 5) is 0.936. The first-order valence-corrected chi connectivity index (χ1v) is 8.93. The number of nitrogens with one attached hydrogen (secondary N) is 1. The van der Waals surface area contributed by atoms with E-state index in [9.17, 15) is 13.7 Å². The first kappa shape index (κ1) is 15.8. The van der Waals surface area contributed by atoms with Gasteiger partial charge in [-0.2, -0.15) is 5.26 Å². The van der Waals surface area contributed by atoms with E-state index in [1.807, 2.05) is 13.0 Å². The molecule has 5 nitrogen and oxygen atoms in total. The number of rotatable bonds is 3. The Morgan fingerprint density at radius 2 is 2.05 bits per heavy atom. The Morgan fingerprint density at radius 3 is 2.67 bits per heavy atom. The molecule has 1 heterocycles.